The van der Waals surface area contributed by atoms with Gasteiger partial charge in [0.15, 0.2) is 17.3 Å². The highest BCUT2D eigenvalue weighted by atomic mass is 19.4. The molecule has 0 aliphatic carbocycles. The van der Waals surface area contributed by atoms with Crippen LogP contribution >= 0.6 is 0 Å². The average Bonchev–Trinajstić information content (AvgIpc) is 2.82. The highest BCUT2D eigenvalue weighted by Gasteiger charge is 2.39. The second kappa shape index (κ2) is 9.56. The number of rotatable bonds is 5. The van der Waals surface area contributed by atoms with Crippen molar-refractivity contribution in [2.24, 2.45) is 0 Å². The van der Waals surface area contributed by atoms with E-state index in [9.17, 15) is 31.5 Å². The molecule has 1 fully saturated rings. The minimum absolute atomic E-state index is 0.101. The first-order valence-electron chi connectivity index (χ1n) is 10.7. The first kappa shape index (κ1) is 24.5. The van der Waals surface area contributed by atoms with Crippen LogP contribution in [0.4, 0.5) is 27.8 Å². The van der Waals surface area contributed by atoms with Gasteiger partial charge in [-0.1, -0.05) is 6.92 Å². The number of ether oxygens (including phenoxy) is 1. The molecule has 4 rings (SSSR count). The Morgan fingerprint density at radius 2 is 1.94 bits per heavy atom. The summed E-state index contributed by atoms with van der Waals surface area (Å²) in [6, 6.07) is 1.22. The summed E-state index contributed by atoms with van der Waals surface area (Å²) in [7, 11) is 0. The lowest BCUT2D eigenvalue weighted by Crippen LogP contribution is -2.46. The van der Waals surface area contributed by atoms with Crippen molar-refractivity contribution in [1.82, 2.24) is 19.9 Å². The summed E-state index contributed by atoms with van der Waals surface area (Å²) < 4.78 is 74.0. The molecule has 3 aromatic rings. The summed E-state index contributed by atoms with van der Waals surface area (Å²) in [5, 5.41) is 1.65. The van der Waals surface area contributed by atoms with Gasteiger partial charge in [-0.15, -0.1) is 0 Å². The molecule has 1 aliphatic heterocycles. The monoisotopic (exact) mass is 497 g/mol. The van der Waals surface area contributed by atoms with Crippen molar-refractivity contribution in [2.45, 2.75) is 25.6 Å². The number of alkyl halides is 3. The minimum Gasteiger partial charge on any atom is -0.378 e. The Balaban J connectivity index is 1.90. The number of nitrogens with zero attached hydrogens (tertiary/aromatic N) is 4. The van der Waals surface area contributed by atoms with Crippen LogP contribution in [0.1, 0.15) is 23.7 Å². The fourth-order valence-electron chi connectivity index (χ4n) is 3.72. The van der Waals surface area contributed by atoms with E-state index in [-0.39, 0.29) is 11.0 Å². The van der Waals surface area contributed by atoms with Gasteiger partial charge in [-0.25, -0.2) is 18.7 Å². The minimum atomic E-state index is -4.74. The summed E-state index contributed by atoms with van der Waals surface area (Å²) in [4.78, 5) is 35.8. The van der Waals surface area contributed by atoms with Crippen molar-refractivity contribution in [3.8, 4) is 5.82 Å². The summed E-state index contributed by atoms with van der Waals surface area (Å²) in [6.45, 7) is 3.12. The number of hydrogen-bond donors (Lipinski definition) is 1. The molecule has 3 aromatic heterocycles. The lowest BCUT2D eigenvalue weighted by Gasteiger charge is -2.28. The van der Waals surface area contributed by atoms with E-state index in [1.807, 2.05) is 4.90 Å². The Hall–Kier alpha value is -3.61. The van der Waals surface area contributed by atoms with E-state index in [0.717, 1.165) is 17.0 Å². The summed E-state index contributed by atoms with van der Waals surface area (Å²) >= 11 is 0. The van der Waals surface area contributed by atoms with E-state index in [1.54, 1.807) is 5.32 Å². The van der Waals surface area contributed by atoms with E-state index < -0.39 is 53.0 Å². The molecule has 1 unspecified atom stereocenters. The molecule has 0 radical (unpaired) electrons. The lowest BCUT2D eigenvalue weighted by molar-refractivity contribution is -0.153. The van der Waals surface area contributed by atoms with Crippen LogP contribution in [0.2, 0.25) is 0 Å². The van der Waals surface area contributed by atoms with E-state index in [1.165, 1.54) is 19.1 Å². The summed E-state index contributed by atoms with van der Waals surface area (Å²) in [5.74, 6) is -3.44. The van der Waals surface area contributed by atoms with Gasteiger partial charge in [0.25, 0.3) is 5.91 Å². The molecular weight excluding hydrogens is 477 g/mol. The zero-order chi connectivity index (χ0) is 25.3. The van der Waals surface area contributed by atoms with Crippen LogP contribution in [-0.2, 0) is 4.74 Å². The fourth-order valence-corrected chi connectivity index (χ4v) is 3.72. The van der Waals surface area contributed by atoms with Crippen LogP contribution in [0, 0.1) is 11.6 Å². The average molecular weight is 497 g/mol. The predicted molar refractivity (Wildman–Crippen MR) is 116 cm³/mol. The van der Waals surface area contributed by atoms with E-state index in [2.05, 4.69) is 9.97 Å². The third kappa shape index (κ3) is 4.94. The number of pyridine rings is 3. The predicted octanol–water partition coefficient (Wildman–Crippen LogP) is 2.97. The highest BCUT2D eigenvalue weighted by Crippen LogP contribution is 2.24. The Kier molecular flexibility index (Phi) is 6.70. The summed E-state index contributed by atoms with van der Waals surface area (Å²) in [5.41, 5.74) is -1.67. The van der Waals surface area contributed by atoms with Crippen LogP contribution in [0.15, 0.2) is 35.4 Å². The second-order valence-corrected chi connectivity index (χ2v) is 7.82. The Labute approximate surface area is 195 Å². The molecule has 0 spiro atoms. The number of fused-ring (bicyclic) bond motifs is 1. The number of nitrogens with one attached hydrogen (secondary N) is 1. The molecule has 0 saturated carbocycles. The zero-order valence-electron chi connectivity index (χ0n) is 18.4. The van der Waals surface area contributed by atoms with Crippen LogP contribution in [0.3, 0.4) is 0 Å². The molecule has 13 heteroatoms. The lowest BCUT2D eigenvalue weighted by atomic mass is 10.1. The van der Waals surface area contributed by atoms with Crippen molar-refractivity contribution in [1.29, 1.82) is 0 Å². The largest absolute Gasteiger partial charge is 0.408 e. The molecule has 1 amide bonds. The molecule has 0 aromatic carbocycles. The first-order valence-corrected chi connectivity index (χ1v) is 10.7. The van der Waals surface area contributed by atoms with Gasteiger partial charge in [0.05, 0.1) is 24.8 Å². The molecule has 186 valence electrons. The first-order chi connectivity index (χ1) is 16.6. The van der Waals surface area contributed by atoms with Gasteiger partial charge >= 0.3 is 6.18 Å². The van der Waals surface area contributed by atoms with Crippen LogP contribution in [0.25, 0.3) is 16.9 Å². The maximum Gasteiger partial charge on any atom is 0.408 e. The van der Waals surface area contributed by atoms with Gasteiger partial charge in [-0.05, 0) is 18.6 Å². The number of carbonyl (C=O) groups excluding carboxylic acids is 1. The molecule has 4 heterocycles. The Morgan fingerprint density at radius 3 is 2.57 bits per heavy atom. The van der Waals surface area contributed by atoms with Gasteiger partial charge < -0.3 is 15.0 Å². The number of amides is 1. The van der Waals surface area contributed by atoms with Crippen molar-refractivity contribution in [2.75, 3.05) is 31.2 Å². The number of carbonyl (C=O) groups is 1. The summed E-state index contributed by atoms with van der Waals surface area (Å²) in [6.07, 6.45) is -3.61. The molecule has 1 aliphatic rings. The number of halogens is 5. The van der Waals surface area contributed by atoms with Crippen molar-refractivity contribution >= 4 is 22.8 Å². The van der Waals surface area contributed by atoms with Crippen LogP contribution < -0.4 is 15.6 Å². The van der Waals surface area contributed by atoms with Crippen LogP contribution in [-0.4, -0.2) is 59.0 Å². The molecular formula is C22H20F5N5O3. The molecule has 1 N–H and O–H groups in total. The van der Waals surface area contributed by atoms with Gasteiger partial charge in [0.1, 0.15) is 23.2 Å². The van der Waals surface area contributed by atoms with Gasteiger partial charge in [-0.3, -0.25) is 14.2 Å². The van der Waals surface area contributed by atoms with E-state index in [4.69, 9.17) is 4.74 Å². The molecule has 35 heavy (non-hydrogen) atoms. The van der Waals surface area contributed by atoms with Crippen LogP contribution in [0.5, 0.6) is 0 Å². The number of morpholine rings is 1. The van der Waals surface area contributed by atoms with Gasteiger partial charge in [0.2, 0.25) is 5.43 Å². The van der Waals surface area contributed by atoms with Crippen molar-refractivity contribution in [3.05, 3.63) is 58.0 Å². The smallest absolute Gasteiger partial charge is 0.378 e. The quantitative estimate of drug-likeness (QED) is 0.546. The topological polar surface area (TPSA) is 89.3 Å². The van der Waals surface area contributed by atoms with E-state index in [0.29, 0.717) is 38.2 Å². The molecule has 1 saturated heterocycles. The van der Waals surface area contributed by atoms with Gasteiger partial charge in [-0.2, -0.15) is 13.2 Å². The van der Waals surface area contributed by atoms with E-state index >= 15 is 0 Å². The molecule has 0 bridgehead atoms. The number of hydrogen-bond acceptors (Lipinski definition) is 6. The highest BCUT2D eigenvalue weighted by molar-refractivity contribution is 5.97. The van der Waals surface area contributed by atoms with Crippen molar-refractivity contribution in [3.63, 3.8) is 0 Å². The molecule has 1 atom stereocenters. The Morgan fingerprint density at radius 1 is 1.23 bits per heavy atom. The normalized spacial score (nSPS) is 15.3. The van der Waals surface area contributed by atoms with Gasteiger partial charge in [0, 0.05) is 25.4 Å². The number of anilines is 1. The zero-order valence-corrected chi connectivity index (χ0v) is 18.4. The maximum absolute atomic E-state index is 14.7. The van der Waals surface area contributed by atoms with Crippen molar-refractivity contribution < 1.29 is 31.5 Å². The third-order valence-electron chi connectivity index (χ3n) is 5.54. The Bertz CT molecular complexity index is 1320. The second-order valence-electron chi connectivity index (χ2n) is 7.82. The third-order valence-corrected chi connectivity index (χ3v) is 5.54. The standard InChI is InChI=1S/C22H20F5N5O3/c1-2-16(22(25,26)27)29-21(34)14-11-32(20-15(24)9-12(23)10-28-20)19-13(18(14)33)3-4-17(30-19)31-5-7-35-8-6-31/h3-4,9-11,16H,2,5-8H2,1H3,(H,29,34). The molecule has 8 nitrogen and oxygen atoms in total. The fraction of sp³-hybridized carbons (Fsp3) is 0.364. The SMILES string of the molecule is CCC(NC(=O)c1cn(-c2ncc(F)cc2F)c2nc(N3CCOCC3)ccc2c1=O)C(F)(F)F. The maximum atomic E-state index is 14.7. The number of aromatic nitrogens is 3.